The summed E-state index contributed by atoms with van der Waals surface area (Å²) in [7, 11) is 0. The van der Waals surface area contributed by atoms with E-state index in [4.69, 9.17) is 0 Å². The maximum absolute atomic E-state index is 12.6. The van der Waals surface area contributed by atoms with E-state index in [1.54, 1.807) is 10.9 Å². The second kappa shape index (κ2) is 8.60. The van der Waals surface area contributed by atoms with Gasteiger partial charge >= 0.3 is 12.2 Å². The van der Waals surface area contributed by atoms with E-state index in [2.05, 4.69) is 15.7 Å². The molecule has 0 spiro atoms. The molecule has 0 aliphatic rings. The fourth-order valence-corrected chi connectivity index (χ4v) is 2.68. The monoisotopic (exact) mass is 388 g/mol. The second-order valence-electron chi connectivity index (χ2n) is 6.20. The molecule has 28 heavy (non-hydrogen) atoms. The molecule has 2 amide bonds. The van der Waals surface area contributed by atoms with Gasteiger partial charge in [0.15, 0.2) is 0 Å². The minimum absolute atomic E-state index is 0.138. The van der Waals surface area contributed by atoms with Gasteiger partial charge in [-0.15, -0.1) is 0 Å². The minimum Gasteiger partial charge on any atom is -0.334 e. The van der Waals surface area contributed by atoms with Crippen molar-refractivity contribution in [2.45, 2.75) is 25.8 Å². The number of amides is 2. The van der Waals surface area contributed by atoms with Crippen molar-refractivity contribution in [2.24, 2.45) is 0 Å². The van der Waals surface area contributed by atoms with Gasteiger partial charge in [0.25, 0.3) is 0 Å². The van der Waals surface area contributed by atoms with Crippen molar-refractivity contribution in [1.29, 1.82) is 0 Å². The summed E-state index contributed by atoms with van der Waals surface area (Å²) in [5.41, 5.74) is 1.87. The van der Waals surface area contributed by atoms with E-state index in [-0.39, 0.29) is 6.54 Å². The molecule has 0 aliphatic heterocycles. The summed E-state index contributed by atoms with van der Waals surface area (Å²) in [5.74, 6) is 0. The van der Waals surface area contributed by atoms with Crippen LogP contribution in [0.25, 0.3) is 0 Å². The molecule has 0 aliphatic carbocycles. The fraction of sp³-hybridized carbons (Fsp3) is 0.200. The largest absolute Gasteiger partial charge is 0.416 e. The molecule has 146 valence electrons. The molecule has 0 unspecified atom stereocenters. The van der Waals surface area contributed by atoms with Gasteiger partial charge in [-0.2, -0.15) is 18.3 Å². The van der Waals surface area contributed by atoms with Gasteiger partial charge in [0.05, 0.1) is 12.1 Å². The average Bonchev–Trinajstić information content (AvgIpc) is 3.18. The van der Waals surface area contributed by atoms with E-state index in [1.807, 2.05) is 36.5 Å². The number of alkyl halides is 3. The summed E-state index contributed by atoms with van der Waals surface area (Å²) in [6.45, 7) is 1.06. The molecule has 0 bridgehead atoms. The number of nitrogens with one attached hydrogen (secondary N) is 2. The lowest BCUT2D eigenvalue weighted by atomic mass is 10.1. The number of urea groups is 1. The number of aromatic nitrogens is 2. The summed E-state index contributed by atoms with van der Waals surface area (Å²) >= 11 is 0. The van der Waals surface area contributed by atoms with Crippen LogP contribution in [-0.4, -0.2) is 15.8 Å². The molecular formula is C20H19F3N4O. The second-order valence-corrected chi connectivity index (χ2v) is 6.20. The van der Waals surface area contributed by atoms with Gasteiger partial charge in [0, 0.05) is 25.5 Å². The third kappa shape index (κ3) is 5.35. The van der Waals surface area contributed by atoms with Gasteiger partial charge in [-0.3, -0.25) is 4.68 Å². The Labute approximate surface area is 160 Å². The standard InChI is InChI=1S/C20H19F3N4O/c21-20(22,23)18-8-6-15(7-9-18)12-24-19(28)25-13-16-4-1-2-5-17(16)14-27-11-3-10-26-27/h1-11H,12-14H2,(H2,24,25,28). The summed E-state index contributed by atoms with van der Waals surface area (Å²) in [6.07, 6.45) is -0.802. The number of hydrogen-bond donors (Lipinski definition) is 2. The highest BCUT2D eigenvalue weighted by molar-refractivity contribution is 5.73. The van der Waals surface area contributed by atoms with Crippen LogP contribution in [0.3, 0.4) is 0 Å². The average molecular weight is 388 g/mol. The van der Waals surface area contributed by atoms with Gasteiger partial charge in [-0.1, -0.05) is 36.4 Å². The Hall–Kier alpha value is -3.29. The van der Waals surface area contributed by atoms with Gasteiger partial charge in [-0.05, 0) is 34.9 Å². The molecule has 1 heterocycles. The predicted molar refractivity (Wildman–Crippen MR) is 98.3 cm³/mol. The number of carbonyl (C=O) groups is 1. The maximum atomic E-state index is 12.6. The highest BCUT2D eigenvalue weighted by atomic mass is 19.4. The molecular weight excluding hydrogens is 369 g/mol. The zero-order valence-electron chi connectivity index (χ0n) is 14.9. The summed E-state index contributed by atoms with van der Waals surface area (Å²) in [5, 5.41) is 9.59. The molecule has 8 heteroatoms. The van der Waals surface area contributed by atoms with Crippen LogP contribution in [0.2, 0.25) is 0 Å². The van der Waals surface area contributed by atoms with Crippen LogP contribution in [0.5, 0.6) is 0 Å². The van der Waals surface area contributed by atoms with Gasteiger partial charge in [-0.25, -0.2) is 4.79 Å². The molecule has 3 rings (SSSR count). The Bertz CT molecular complexity index is 906. The molecule has 0 saturated carbocycles. The Kier molecular flexibility index (Phi) is 5.98. The first-order valence-electron chi connectivity index (χ1n) is 8.64. The SMILES string of the molecule is O=C(NCc1ccc(C(F)(F)F)cc1)NCc1ccccc1Cn1cccn1. The molecule has 1 aromatic heterocycles. The van der Waals surface area contributed by atoms with Crippen molar-refractivity contribution in [3.63, 3.8) is 0 Å². The summed E-state index contributed by atoms with van der Waals surface area (Å²) in [6, 6.07) is 13.9. The third-order valence-electron chi connectivity index (χ3n) is 4.18. The van der Waals surface area contributed by atoms with Crippen LogP contribution in [0.1, 0.15) is 22.3 Å². The number of nitrogens with zero attached hydrogens (tertiary/aromatic N) is 2. The van der Waals surface area contributed by atoms with Crippen LogP contribution in [0.15, 0.2) is 67.0 Å². The van der Waals surface area contributed by atoms with Gasteiger partial charge in [0.1, 0.15) is 0 Å². The number of rotatable bonds is 6. The number of benzene rings is 2. The van der Waals surface area contributed by atoms with Crippen molar-refractivity contribution < 1.29 is 18.0 Å². The first-order valence-corrected chi connectivity index (χ1v) is 8.64. The molecule has 0 saturated heterocycles. The molecule has 5 nitrogen and oxygen atoms in total. The summed E-state index contributed by atoms with van der Waals surface area (Å²) < 4.78 is 39.5. The minimum atomic E-state index is -4.37. The van der Waals surface area contributed by atoms with Crippen LogP contribution >= 0.6 is 0 Å². The van der Waals surface area contributed by atoms with E-state index in [0.29, 0.717) is 18.7 Å². The zero-order valence-corrected chi connectivity index (χ0v) is 14.9. The Morgan fingerprint density at radius 3 is 2.25 bits per heavy atom. The predicted octanol–water partition coefficient (Wildman–Crippen LogP) is 3.95. The van der Waals surface area contributed by atoms with Crippen LogP contribution in [0.4, 0.5) is 18.0 Å². The van der Waals surface area contributed by atoms with Crippen molar-refractivity contribution in [2.75, 3.05) is 0 Å². The number of hydrogen-bond acceptors (Lipinski definition) is 2. The van der Waals surface area contributed by atoms with Crippen molar-refractivity contribution in [3.8, 4) is 0 Å². The van der Waals surface area contributed by atoms with E-state index in [1.165, 1.54) is 12.1 Å². The lowest BCUT2D eigenvalue weighted by Crippen LogP contribution is -2.34. The molecule has 2 N–H and O–H groups in total. The molecule has 0 atom stereocenters. The first-order chi connectivity index (χ1) is 13.4. The highest BCUT2D eigenvalue weighted by Crippen LogP contribution is 2.29. The number of halogens is 3. The van der Waals surface area contributed by atoms with E-state index < -0.39 is 17.8 Å². The van der Waals surface area contributed by atoms with Crippen molar-refractivity contribution in [3.05, 3.63) is 89.2 Å². The molecule has 2 aromatic carbocycles. The van der Waals surface area contributed by atoms with Crippen molar-refractivity contribution in [1.82, 2.24) is 20.4 Å². The Morgan fingerprint density at radius 1 is 0.929 bits per heavy atom. The smallest absolute Gasteiger partial charge is 0.334 e. The zero-order chi connectivity index (χ0) is 20.0. The van der Waals surface area contributed by atoms with Crippen LogP contribution in [0, 0.1) is 0 Å². The Balaban J connectivity index is 1.51. The van der Waals surface area contributed by atoms with Crippen LogP contribution < -0.4 is 10.6 Å². The molecule has 3 aromatic rings. The highest BCUT2D eigenvalue weighted by Gasteiger charge is 2.29. The van der Waals surface area contributed by atoms with E-state index in [9.17, 15) is 18.0 Å². The third-order valence-corrected chi connectivity index (χ3v) is 4.18. The topological polar surface area (TPSA) is 59.0 Å². The lowest BCUT2D eigenvalue weighted by Gasteiger charge is -2.12. The van der Waals surface area contributed by atoms with E-state index in [0.717, 1.165) is 23.3 Å². The molecule has 0 fully saturated rings. The summed E-state index contributed by atoms with van der Waals surface area (Å²) in [4.78, 5) is 12.0. The van der Waals surface area contributed by atoms with E-state index >= 15 is 0 Å². The Morgan fingerprint density at radius 2 is 1.61 bits per heavy atom. The fourth-order valence-electron chi connectivity index (χ4n) is 2.68. The molecule has 0 radical (unpaired) electrons. The van der Waals surface area contributed by atoms with Gasteiger partial charge in [0.2, 0.25) is 0 Å². The van der Waals surface area contributed by atoms with Crippen molar-refractivity contribution >= 4 is 6.03 Å². The maximum Gasteiger partial charge on any atom is 0.416 e. The quantitative estimate of drug-likeness (QED) is 0.672. The van der Waals surface area contributed by atoms with Gasteiger partial charge < -0.3 is 10.6 Å². The van der Waals surface area contributed by atoms with Crippen LogP contribution in [-0.2, 0) is 25.8 Å². The normalized spacial score (nSPS) is 11.2. The first kappa shape index (κ1) is 19.5. The lowest BCUT2D eigenvalue weighted by molar-refractivity contribution is -0.137. The number of carbonyl (C=O) groups excluding carboxylic acids is 1.